The van der Waals surface area contributed by atoms with Crippen molar-refractivity contribution in [2.45, 2.75) is 19.8 Å². The maximum Gasteiger partial charge on any atom is 0.251 e. The maximum absolute atomic E-state index is 11.9. The topological polar surface area (TPSA) is 58.2 Å². The third-order valence-corrected chi connectivity index (χ3v) is 3.64. The summed E-state index contributed by atoms with van der Waals surface area (Å²) in [4.78, 5) is 23.7. The van der Waals surface area contributed by atoms with Crippen LogP contribution in [0, 0.1) is 0 Å². The Labute approximate surface area is 140 Å². The largest absolute Gasteiger partial charge is 0.352 e. The molecule has 0 saturated carbocycles. The van der Waals surface area contributed by atoms with Crippen molar-refractivity contribution in [3.8, 4) is 0 Å². The number of amides is 2. The normalized spacial score (nSPS) is 10.2. The van der Waals surface area contributed by atoms with Crippen molar-refractivity contribution in [2.24, 2.45) is 0 Å². The summed E-state index contributed by atoms with van der Waals surface area (Å²) in [5, 5.41) is 6.10. The van der Waals surface area contributed by atoms with Gasteiger partial charge in [-0.2, -0.15) is 0 Å². The van der Waals surface area contributed by atoms with Gasteiger partial charge in [-0.3, -0.25) is 9.59 Å². The fraction of sp³-hybridized carbons (Fsp3) is 0.222. The van der Waals surface area contributed by atoms with E-state index in [0.29, 0.717) is 10.6 Å². The quantitative estimate of drug-likeness (QED) is 0.849. The molecule has 0 aliphatic heterocycles. The van der Waals surface area contributed by atoms with Crippen LogP contribution in [-0.2, 0) is 11.2 Å². The van der Waals surface area contributed by atoms with Crippen LogP contribution in [0.15, 0.2) is 48.5 Å². The molecule has 2 aromatic carbocycles. The first-order valence-electron chi connectivity index (χ1n) is 7.51. The monoisotopic (exact) mass is 330 g/mol. The molecular formula is C18H19ClN2O2. The minimum Gasteiger partial charge on any atom is -0.352 e. The van der Waals surface area contributed by atoms with Crippen LogP contribution < -0.4 is 10.6 Å². The summed E-state index contributed by atoms with van der Waals surface area (Å²) >= 11 is 5.77. The van der Waals surface area contributed by atoms with Crippen molar-refractivity contribution in [1.29, 1.82) is 0 Å². The van der Waals surface area contributed by atoms with Crippen molar-refractivity contribution in [1.82, 2.24) is 5.32 Å². The molecule has 0 aliphatic rings. The molecule has 0 fully saturated rings. The van der Waals surface area contributed by atoms with E-state index in [2.05, 4.69) is 17.6 Å². The molecule has 0 bridgehead atoms. The Balaban J connectivity index is 1.75. The summed E-state index contributed by atoms with van der Waals surface area (Å²) in [6.45, 7) is 2.36. The van der Waals surface area contributed by atoms with Gasteiger partial charge in [0, 0.05) is 29.2 Å². The number of anilines is 1. The number of rotatable bonds is 6. The van der Waals surface area contributed by atoms with Crippen molar-refractivity contribution in [3.05, 3.63) is 64.7 Å². The molecule has 120 valence electrons. The summed E-state index contributed by atoms with van der Waals surface area (Å²) in [6.07, 6.45) is 1.18. The van der Waals surface area contributed by atoms with Crippen molar-refractivity contribution >= 4 is 29.1 Å². The van der Waals surface area contributed by atoms with Crippen LogP contribution in [0.2, 0.25) is 5.02 Å². The van der Waals surface area contributed by atoms with E-state index in [0.717, 1.165) is 12.1 Å². The zero-order chi connectivity index (χ0) is 16.7. The Kier molecular flexibility index (Phi) is 6.18. The molecule has 0 radical (unpaired) electrons. The number of benzene rings is 2. The molecule has 0 unspecified atom stereocenters. The summed E-state index contributed by atoms with van der Waals surface area (Å²) in [5.74, 6) is -0.354. The number of carbonyl (C=O) groups is 2. The molecule has 0 atom stereocenters. The van der Waals surface area contributed by atoms with E-state index in [9.17, 15) is 9.59 Å². The average Bonchev–Trinajstić information content (AvgIpc) is 2.56. The van der Waals surface area contributed by atoms with Gasteiger partial charge in [0.05, 0.1) is 0 Å². The Morgan fingerprint density at radius 3 is 2.26 bits per heavy atom. The molecule has 2 aromatic rings. The Morgan fingerprint density at radius 1 is 1.00 bits per heavy atom. The van der Waals surface area contributed by atoms with Gasteiger partial charge in [0.25, 0.3) is 5.91 Å². The Bertz CT molecular complexity index is 666. The second kappa shape index (κ2) is 8.34. The first-order chi connectivity index (χ1) is 11.1. The third-order valence-electron chi connectivity index (χ3n) is 3.39. The number of hydrogen-bond donors (Lipinski definition) is 2. The van der Waals surface area contributed by atoms with E-state index in [1.54, 1.807) is 24.3 Å². The van der Waals surface area contributed by atoms with E-state index >= 15 is 0 Å². The number of aryl methyl sites for hydroxylation is 1. The molecule has 0 spiro atoms. The average molecular weight is 331 g/mol. The van der Waals surface area contributed by atoms with Crippen molar-refractivity contribution in [3.63, 3.8) is 0 Å². The van der Waals surface area contributed by atoms with Crippen LogP contribution in [-0.4, -0.2) is 18.4 Å². The molecule has 2 N–H and O–H groups in total. The van der Waals surface area contributed by atoms with Gasteiger partial charge in [0.2, 0.25) is 5.91 Å². The van der Waals surface area contributed by atoms with Gasteiger partial charge >= 0.3 is 0 Å². The minimum atomic E-state index is -0.221. The standard InChI is InChI=1S/C18H19ClN2O2/c1-2-13-3-9-16(10-4-13)21-17(22)11-12-20-18(23)14-5-7-15(19)8-6-14/h3-10H,2,11-12H2,1H3,(H,20,23)(H,21,22). The first-order valence-corrected chi connectivity index (χ1v) is 7.89. The fourth-order valence-corrected chi connectivity index (χ4v) is 2.17. The molecule has 0 aromatic heterocycles. The number of hydrogen-bond acceptors (Lipinski definition) is 2. The second-order valence-corrected chi connectivity index (χ2v) is 5.55. The molecule has 0 aliphatic carbocycles. The van der Waals surface area contributed by atoms with Crippen LogP contribution in [0.1, 0.15) is 29.3 Å². The minimum absolute atomic E-state index is 0.134. The first kappa shape index (κ1) is 17.0. The third kappa shape index (κ3) is 5.42. The van der Waals surface area contributed by atoms with Crippen LogP contribution >= 0.6 is 11.6 Å². The molecule has 2 rings (SSSR count). The van der Waals surface area contributed by atoms with Crippen LogP contribution in [0.5, 0.6) is 0 Å². The second-order valence-electron chi connectivity index (χ2n) is 5.11. The van der Waals surface area contributed by atoms with Gasteiger partial charge < -0.3 is 10.6 Å². The van der Waals surface area contributed by atoms with Crippen LogP contribution in [0.4, 0.5) is 5.69 Å². The highest BCUT2D eigenvalue weighted by Crippen LogP contribution is 2.11. The lowest BCUT2D eigenvalue weighted by atomic mass is 10.1. The van der Waals surface area contributed by atoms with Gasteiger partial charge in [0.15, 0.2) is 0 Å². The molecule has 0 heterocycles. The van der Waals surface area contributed by atoms with E-state index < -0.39 is 0 Å². The van der Waals surface area contributed by atoms with Gasteiger partial charge in [-0.05, 0) is 48.4 Å². The summed E-state index contributed by atoms with van der Waals surface area (Å²) in [5.41, 5.74) is 2.50. The zero-order valence-electron chi connectivity index (χ0n) is 12.9. The maximum atomic E-state index is 11.9. The highest BCUT2D eigenvalue weighted by Gasteiger charge is 2.07. The van der Waals surface area contributed by atoms with Gasteiger partial charge in [0.1, 0.15) is 0 Å². The Morgan fingerprint density at radius 2 is 1.65 bits per heavy atom. The summed E-state index contributed by atoms with van der Waals surface area (Å²) in [7, 11) is 0. The molecule has 0 saturated heterocycles. The predicted molar refractivity (Wildman–Crippen MR) is 92.9 cm³/mol. The number of carbonyl (C=O) groups excluding carboxylic acids is 2. The molecular weight excluding hydrogens is 312 g/mol. The lowest BCUT2D eigenvalue weighted by molar-refractivity contribution is -0.116. The van der Waals surface area contributed by atoms with E-state index in [1.165, 1.54) is 5.56 Å². The van der Waals surface area contributed by atoms with Crippen LogP contribution in [0.25, 0.3) is 0 Å². The fourth-order valence-electron chi connectivity index (χ4n) is 2.04. The van der Waals surface area contributed by atoms with Gasteiger partial charge in [-0.15, -0.1) is 0 Å². The predicted octanol–water partition coefficient (Wildman–Crippen LogP) is 3.66. The number of halogens is 1. The molecule has 23 heavy (non-hydrogen) atoms. The summed E-state index contributed by atoms with van der Waals surface area (Å²) < 4.78 is 0. The lowest BCUT2D eigenvalue weighted by Gasteiger charge is -2.07. The van der Waals surface area contributed by atoms with Crippen molar-refractivity contribution in [2.75, 3.05) is 11.9 Å². The molecule has 4 nitrogen and oxygen atoms in total. The zero-order valence-corrected chi connectivity index (χ0v) is 13.7. The Hall–Kier alpha value is -2.33. The van der Waals surface area contributed by atoms with Crippen LogP contribution in [0.3, 0.4) is 0 Å². The highest BCUT2D eigenvalue weighted by atomic mass is 35.5. The van der Waals surface area contributed by atoms with E-state index in [1.807, 2.05) is 24.3 Å². The molecule has 2 amide bonds. The van der Waals surface area contributed by atoms with Gasteiger partial charge in [-0.1, -0.05) is 30.7 Å². The molecule has 5 heteroatoms. The van der Waals surface area contributed by atoms with Crippen molar-refractivity contribution < 1.29 is 9.59 Å². The smallest absolute Gasteiger partial charge is 0.251 e. The highest BCUT2D eigenvalue weighted by molar-refractivity contribution is 6.30. The lowest BCUT2D eigenvalue weighted by Crippen LogP contribution is -2.27. The number of nitrogens with one attached hydrogen (secondary N) is 2. The van der Waals surface area contributed by atoms with Gasteiger partial charge in [-0.25, -0.2) is 0 Å². The van der Waals surface area contributed by atoms with E-state index in [-0.39, 0.29) is 24.8 Å². The summed E-state index contributed by atoms with van der Waals surface area (Å²) in [6, 6.07) is 14.3. The SMILES string of the molecule is CCc1ccc(NC(=O)CCNC(=O)c2ccc(Cl)cc2)cc1. The van der Waals surface area contributed by atoms with E-state index in [4.69, 9.17) is 11.6 Å².